The van der Waals surface area contributed by atoms with Gasteiger partial charge in [0.05, 0.1) is 11.9 Å². The Labute approximate surface area is 83.7 Å². The Morgan fingerprint density at radius 2 is 2.29 bits per heavy atom. The zero-order valence-electron chi connectivity index (χ0n) is 8.50. The first-order valence-corrected chi connectivity index (χ1v) is 4.70. The summed E-state index contributed by atoms with van der Waals surface area (Å²) in [6.07, 6.45) is 2.70. The molecule has 0 saturated heterocycles. The molecule has 1 rings (SSSR count). The van der Waals surface area contributed by atoms with E-state index in [1.54, 1.807) is 6.20 Å². The second-order valence-electron chi connectivity index (χ2n) is 3.04. The summed E-state index contributed by atoms with van der Waals surface area (Å²) in [4.78, 5) is 14.9. The van der Waals surface area contributed by atoms with Crippen molar-refractivity contribution >= 4 is 17.4 Å². The van der Waals surface area contributed by atoms with Crippen LogP contribution in [0.1, 0.15) is 20.3 Å². The zero-order valence-corrected chi connectivity index (χ0v) is 8.50. The van der Waals surface area contributed by atoms with Gasteiger partial charge in [-0.15, -0.1) is 0 Å². The van der Waals surface area contributed by atoms with Crippen LogP contribution in [0.2, 0.25) is 0 Å². The van der Waals surface area contributed by atoms with Crippen molar-refractivity contribution in [3.05, 3.63) is 18.3 Å². The average molecular weight is 193 g/mol. The topological polar surface area (TPSA) is 54.0 Å². The van der Waals surface area contributed by atoms with Crippen LogP contribution in [0.15, 0.2) is 18.3 Å². The summed E-state index contributed by atoms with van der Waals surface area (Å²) in [6, 6.07) is 3.67. The van der Waals surface area contributed by atoms with Crippen LogP contribution in [0.5, 0.6) is 0 Å². The first-order valence-electron chi connectivity index (χ1n) is 4.70. The fraction of sp³-hybridized carbons (Fsp3) is 0.400. The number of amides is 1. The van der Waals surface area contributed by atoms with E-state index in [-0.39, 0.29) is 5.91 Å². The van der Waals surface area contributed by atoms with E-state index in [1.165, 1.54) is 6.92 Å². The minimum absolute atomic E-state index is 0.0823. The number of nitrogens with one attached hydrogen (secondary N) is 2. The molecule has 0 aliphatic heterocycles. The maximum atomic E-state index is 10.7. The van der Waals surface area contributed by atoms with Gasteiger partial charge >= 0.3 is 0 Å². The van der Waals surface area contributed by atoms with Gasteiger partial charge in [0.25, 0.3) is 0 Å². The lowest BCUT2D eigenvalue weighted by atomic mass is 10.4. The third kappa shape index (κ3) is 3.43. The number of pyridine rings is 1. The Hall–Kier alpha value is -1.58. The summed E-state index contributed by atoms with van der Waals surface area (Å²) in [5, 5.41) is 5.81. The van der Waals surface area contributed by atoms with Crippen LogP contribution >= 0.6 is 0 Å². The van der Waals surface area contributed by atoms with Crippen LogP contribution in [0.25, 0.3) is 0 Å². The van der Waals surface area contributed by atoms with Crippen LogP contribution in [-0.4, -0.2) is 17.4 Å². The van der Waals surface area contributed by atoms with Crippen LogP contribution in [-0.2, 0) is 4.79 Å². The molecule has 0 bridgehead atoms. The van der Waals surface area contributed by atoms with Crippen molar-refractivity contribution < 1.29 is 4.79 Å². The maximum Gasteiger partial charge on any atom is 0.221 e. The molecule has 0 aliphatic rings. The molecule has 4 heteroatoms. The number of rotatable bonds is 4. The van der Waals surface area contributed by atoms with Gasteiger partial charge in [0.1, 0.15) is 5.82 Å². The second-order valence-corrected chi connectivity index (χ2v) is 3.04. The van der Waals surface area contributed by atoms with E-state index >= 15 is 0 Å². The summed E-state index contributed by atoms with van der Waals surface area (Å²) in [6.45, 7) is 4.48. The molecule has 0 radical (unpaired) electrons. The molecule has 1 amide bonds. The van der Waals surface area contributed by atoms with Crippen molar-refractivity contribution in [2.24, 2.45) is 0 Å². The maximum absolute atomic E-state index is 10.7. The smallest absolute Gasteiger partial charge is 0.221 e. The number of hydrogen-bond acceptors (Lipinski definition) is 3. The Kier molecular flexibility index (Phi) is 3.91. The molecule has 76 valence electrons. The Morgan fingerprint density at radius 1 is 1.50 bits per heavy atom. The van der Waals surface area contributed by atoms with Crippen molar-refractivity contribution in [1.82, 2.24) is 4.98 Å². The number of carbonyl (C=O) groups excluding carboxylic acids is 1. The van der Waals surface area contributed by atoms with Crippen molar-refractivity contribution in [2.45, 2.75) is 20.3 Å². The predicted molar refractivity (Wildman–Crippen MR) is 57.3 cm³/mol. The van der Waals surface area contributed by atoms with Gasteiger partial charge in [-0.05, 0) is 18.6 Å². The molecule has 14 heavy (non-hydrogen) atoms. The number of carbonyl (C=O) groups is 1. The van der Waals surface area contributed by atoms with Gasteiger partial charge in [-0.2, -0.15) is 0 Å². The average Bonchev–Trinajstić information content (AvgIpc) is 2.16. The highest BCUT2D eigenvalue weighted by atomic mass is 16.1. The van der Waals surface area contributed by atoms with Crippen LogP contribution in [0.4, 0.5) is 11.5 Å². The van der Waals surface area contributed by atoms with E-state index in [4.69, 9.17) is 0 Å². The van der Waals surface area contributed by atoms with E-state index in [0.29, 0.717) is 0 Å². The van der Waals surface area contributed by atoms with E-state index in [0.717, 1.165) is 24.5 Å². The van der Waals surface area contributed by atoms with Gasteiger partial charge in [0.15, 0.2) is 0 Å². The first-order chi connectivity index (χ1) is 6.72. The molecule has 0 spiro atoms. The molecule has 0 aromatic carbocycles. The lowest BCUT2D eigenvalue weighted by molar-refractivity contribution is -0.114. The summed E-state index contributed by atoms with van der Waals surface area (Å²) < 4.78 is 0. The molecule has 0 aliphatic carbocycles. The van der Waals surface area contributed by atoms with E-state index in [9.17, 15) is 4.79 Å². The van der Waals surface area contributed by atoms with Crippen LogP contribution < -0.4 is 10.6 Å². The SMILES string of the molecule is CCCNc1ccc(NC(C)=O)cn1. The van der Waals surface area contributed by atoms with E-state index in [2.05, 4.69) is 22.5 Å². The molecule has 4 nitrogen and oxygen atoms in total. The minimum atomic E-state index is -0.0823. The summed E-state index contributed by atoms with van der Waals surface area (Å²) in [5.41, 5.74) is 0.722. The molecule has 1 aromatic heterocycles. The second kappa shape index (κ2) is 5.21. The summed E-state index contributed by atoms with van der Waals surface area (Å²) in [7, 11) is 0. The molecule has 0 unspecified atom stereocenters. The van der Waals surface area contributed by atoms with Gasteiger partial charge in [-0.25, -0.2) is 4.98 Å². The lowest BCUT2D eigenvalue weighted by Gasteiger charge is -2.05. The van der Waals surface area contributed by atoms with Crippen LogP contribution in [0, 0.1) is 0 Å². The third-order valence-electron chi connectivity index (χ3n) is 1.64. The highest BCUT2D eigenvalue weighted by Gasteiger charge is 1.96. The highest BCUT2D eigenvalue weighted by molar-refractivity contribution is 5.88. The predicted octanol–water partition coefficient (Wildman–Crippen LogP) is 1.86. The summed E-state index contributed by atoms with van der Waals surface area (Å²) in [5.74, 6) is 0.752. The van der Waals surface area contributed by atoms with Crippen molar-refractivity contribution in [1.29, 1.82) is 0 Å². The molecular weight excluding hydrogens is 178 g/mol. The quantitative estimate of drug-likeness (QED) is 0.767. The van der Waals surface area contributed by atoms with Gasteiger partial charge < -0.3 is 10.6 Å². The third-order valence-corrected chi connectivity index (χ3v) is 1.64. The standard InChI is InChI=1S/C10H15N3O/c1-3-6-11-10-5-4-9(7-12-10)13-8(2)14/h4-5,7H,3,6H2,1-2H3,(H,11,12)(H,13,14). The van der Waals surface area contributed by atoms with Gasteiger partial charge in [-0.1, -0.05) is 6.92 Å². The number of hydrogen-bond donors (Lipinski definition) is 2. The van der Waals surface area contributed by atoms with Crippen LogP contribution in [0.3, 0.4) is 0 Å². The first kappa shape index (κ1) is 10.5. The minimum Gasteiger partial charge on any atom is -0.370 e. The monoisotopic (exact) mass is 193 g/mol. The van der Waals surface area contributed by atoms with Gasteiger partial charge in [0, 0.05) is 13.5 Å². The highest BCUT2D eigenvalue weighted by Crippen LogP contribution is 2.09. The summed E-state index contributed by atoms with van der Waals surface area (Å²) >= 11 is 0. The molecule has 0 saturated carbocycles. The van der Waals surface area contributed by atoms with Crippen molar-refractivity contribution in [3.63, 3.8) is 0 Å². The van der Waals surface area contributed by atoms with E-state index < -0.39 is 0 Å². The molecule has 1 heterocycles. The normalized spacial score (nSPS) is 9.57. The molecular formula is C10H15N3O. The fourth-order valence-corrected chi connectivity index (χ4v) is 1.03. The fourth-order valence-electron chi connectivity index (χ4n) is 1.03. The Bertz CT molecular complexity index is 295. The zero-order chi connectivity index (χ0) is 10.4. The molecule has 2 N–H and O–H groups in total. The molecule has 0 fully saturated rings. The Balaban J connectivity index is 2.54. The van der Waals surface area contributed by atoms with Gasteiger partial charge in [-0.3, -0.25) is 4.79 Å². The number of aromatic nitrogens is 1. The Morgan fingerprint density at radius 3 is 2.79 bits per heavy atom. The van der Waals surface area contributed by atoms with Gasteiger partial charge in [0.2, 0.25) is 5.91 Å². The van der Waals surface area contributed by atoms with Crippen molar-refractivity contribution in [2.75, 3.05) is 17.2 Å². The molecule has 0 atom stereocenters. The lowest BCUT2D eigenvalue weighted by Crippen LogP contribution is -2.07. The van der Waals surface area contributed by atoms with E-state index in [1.807, 2.05) is 12.1 Å². The molecule has 1 aromatic rings. The van der Waals surface area contributed by atoms with Crippen molar-refractivity contribution in [3.8, 4) is 0 Å². The number of nitrogens with zero attached hydrogens (tertiary/aromatic N) is 1. The largest absolute Gasteiger partial charge is 0.370 e. The number of anilines is 2.